The summed E-state index contributed by atoms with van der Waals surface area (Å²) in [5.41, 5.74) is 0. The molecule has 2 nitrogen and oxygen atoms in total. The van der Waals surface area contributed by atoms with E-state index in [1.54, 1.807) is 0 Å². The van der Waals surface area contributed by atoms with Crippen molar-refractivity contribution in [3.63, 3.8) is 0 Å². The first-order valence-electron chi connectivity index (χ1n) is 4.45. The minimum absolute atomic E-state index is 0.427. The fourth-order valence-electron chi connectivity index (χ4n) is 1.90. The Labute approximate surface area is 68.4 Å². The van der Waals surface area contributed by atoms with Crippen LogP contribution in [-0.2, 0) is 4.79 Å². The Morgan fingerprint density at radius 1 is 1.36 bits per heavy atom. The van der Waals surface area contributed by atoms with Crippen LogP contribution in [0.15, 0.2) is 0 Å². The zero-order valence-corrected chi connectivity index (χ0v) is 7.34. The second-order valence-corrected chi connectivity index (χ2v) is 3.66. The molecule has 0 radical (unpaired) electrons. The molecule has 1 fully saturated rings. The first kappa shape index (κ1) is 8.57. The molecule has 11 heavy (non-hydrogen) atoms. The predicted molar refractivity (Wildman–Crippen MR) is 45.2 cm³/mol. The lowest BCUT2D eigenvalue weighted by molar-refractivity contribution is -0.110. The van der Waals surface area contributed by atoms with Gasteiger partial charge in [-0.25, -0.2) is 0 Å². The number of nitrogens with one attached hydrogen (secondary N) is 1. The maximum atomic E-state index is 10.2. The summed E-state index contributed by atoms with van der Waals surface area (Å²) >= 11 is 0. The van der Waals surface area contributed by atoms with Crippen LogP contribution in [0, 0.1) is 11.8 Å². The van der Waals surface area contributed by atoms with Crippen LogP contribution in [0.4, 0.5) is 0 Å². The van der Waals surface area contributed by atoms with Crippen LogP contribution in [0.3, 0.4) is 0 Å². The quantitative estimate of drug-likeness (QED) is 0.602. The van der Waals surface area contributed by atoms with Crippen molar-refractivity contribution < 1.29 is 4.79 Å². The molecule has 0 saturated heterocycles. The van der Waals surface area contributed by atoms with Crippen molar-refractivity contribution in [2.45, 2.75) is 39.2 Å². The Morgan fingerprint density at radius 2 is 2.09 bits per heavy atom. The van der Waals surface area contributed by atoms with E-state index in [9.17, 15) is 4.79 Å². The lowest BCUT2D eigenvalue weighted by Gasteiger charge is -2.33. The van der Waals surface area contributed by atoms with Crippen molar-refractivity contribution in [3.8, 4) is 0 Å². The summed E-state index contributed by atoms with van der Waals surface area (Å²) in [6, 6.07) is 0.427. The molecule has 3 atom stereocenters. The van der Waals surface area contributed by atoms with Crippen LogP contribution in [0.2, 0.25) is 0 Å². The lowest BCUT2D eigenvalue weighted by atomic mass is 9.78. The van der Waals surface area contributed by atoms with Gasteiger partial charge in [-0.05, 0) is 18.3 Å². The standard InChI is InChI=1S/C9H17NO/c1-7-4-3-5-9(8(7)2)10-6-11/h6-9H,3-5H2,1-2H3,(H,10,11)/t7-,8-,9-/m1/s1. The smallest absolute Gasteiger partial charge is 0.207 e. The summed E-state index contributed by atoms with van der Waals surface area (Å²) < 4.78 is 0. The van der Waals surface area contributed by atoms with Crippen LogP contribution in [0.25, 0.3) is 0 Å². The molecule has 1 aliphatic carbocycles. The van der Waals surface area contributed by atoms with E-state index in [-0.39, 0.29) is 0 Å². The van der Waals surface area contributed by atoms with E-state index in [0.717, 1.165) is 18.7 Å². The molecule has 0 bridgehead atoms. The van der Waals surface area contributed by atoms with Gasteiger partial charge in [-0.2, -0.15) is 0 Å². The molecule has 1 rings (SSSR count). The molecule has 0 aromatic rings. The van der Waals surface area contributed by atoms with Gasteiger partial charge < -0.3 is 5.32 Å². The van der Waals surface area contributed by atoms with Gasteiger partial charge in [0.25, 0.3) is 0 Å². The molecule has 1 amide bonds. The molecule has 64 valence electrons. The first-order chi connectivity index (χ1) is 5.25. The molecule has 2 heteroatoms. The van der Waals surface area contributed by atoms with Gasteiger partial charge in [0.2, 0.25) is 6.41 Å². The molecule has 0 unspecified atom stereocenters. The Morgan fingerprint density at radius 3 is 2.73 bits per heavy atom. The van der Waals surface area contributed by atoms with Gasteiger partial charge in [0.05, 0.1) is 0 Å². The fourth-order valence-corrected chi connectivity index (χ4v) is 1.90. The third kappa shape index (κ3) is 1.95. The van der Waals surface area contributed by atoms with Gasteiger partial charge in [-0.15, -0.1) is 0 Å². The highest BCUT2D eigenvalue weighted by molar-refractivity contribution is 5.46. The minimum atomic E-state index is 0.427. The average molecular weight is 155 g/mol. The average Bonchev–Trinajstić information content (AvgIpc) is 1.99. The van der Waals surface area contributed by atoms with E-state index < -0.39 is 0 Å². The molecule has 1 aliphatic rings. The van der Waals surface area contributed by atoms with Crippen molar-refractivity contribution in [1.82, 2.24) is 5.32 Å². The van der Waals surface area contributed by atoms with Crippen LogP contribution < -0.4 is 5.32 Å². The summed E-state index contributed by atoms with van der Waals surface area (Å²) in [7, 11) is 0. The third-order valence-electron chi connectivity index (χ3n) is 2.99. The first-order valence-corrected chi connectivity index (χ1v) is 4.45. The zero-order valence-electron chi connectivity index (χ0n) is 7.34. The van der Waals surface area contributed by atoms with Crippen LogP contribution >= 0.6 is 0 Å². The summed E-state index contributed by atoms with van der Waals surface area (Å²) in [5.74, 6) is 1.41. The summed E-state index contributed by atoms with van der Waals surface area (Å²) in [6.07, 6.45) is 4.57. The summed E-state index contributed by atoms with van der Waals surface area (Å²) in [4.78, 5) is 10.2. The molecule has 0 spiro atoms. The molecule has 1 saturated carbocycles. The zero-order chi connectivity index (χ0) is 8.27. The number of hydrogen-bond acceptors (Lipinski definition) is 1. The van der Waals surface area contributed by atoms with Crippen molar-refractivity contribution in [2.75, 3.05) is 0 Å². The van der Waals surface area contributed by atoms with E-state index >= 15 is 0 Å². The topological polar surface area (TPSA) is 29.1 Å². The molecule has 0 aliphatic heterocycles. The van der Waals surface area contributed by atoms with Gasteiger partial charge in [-0.1, -0.05) is 26.7 Å². The molecule has 1 N–H and O–H groups in total. The van der Waals surface area contributed by atoms with Gasteiger partial charge in [0.15, 0.2) is 0 Å². The normalized spacial score (nSPS) is 38.2. The lowest BCUT2D eigenvalue weighted by Crippen LogP contribution is -2.39. The number of rotatable bonds is 2. The van der Waals surface area contributed by atoms with Gasteiger partial charge in [0, 0.05) is 6.04 Å². The van der Waals surface area contributed by atoms with Crippen molar-refractivity contribution in [1.29, 1.82) is 0 Å². The maximum absolute atomic E-state index is 10.2. The molecule has 0 aromatic carbocycles. The largest absolute Gasteiger partial charge is 0.356 e. The molecule has 0 aromatic heterocycles. The van der Waals surface area contributed by atoms with Gasteiger partial charge in [-0.3, -0.25) is 4.79 Å². The molecular formula is C9H17NO. The second-order valence-electron chi connectivity index (χ2n) is 3.66. The molecule has 0 heterocycles. The third-order valence-corrected chi connectivity index (χ3v) is 2.99. The Hall–Kier alpha value is -0.530. The highest BCUT2D eigenvalue weighted by Gasteiger charge is 2.25. The Balaban J connectivity index is 2.43. The SMILES string of the molecule is C[C@@H]1[C@H](C)CCC[C@H]1NC=O. The van der Waals surface area contributed by atoms with E-state index in [0.29, 0.717) is 12.0 Å². The number of hydrogen-bond donors (Lipinski definition) is 1. The maximum Gasteiger partial charge on any atom is 0.207 e. The van der Waals surface area contributed by atoms with E-state index in [1.807, 2.05) is 0 Å². The fraction of sp³-hybridized carbons (Fsp3) is 0.889. The van der Waals surface area contributed by atoms with E-state index in [1.165, 1.54) is 12.8 Å². The Bertz CT molecular complexity index is 136. The second kappa shape index (κ2) is 3.74. The number of amides is 1. The minimum Gasteiger partial charge on any atom is -0.356 e. The van der Waals surface area contributed by atoms with Gasteiger partial charge >= 0.3 is 0 Å². The van der Waals surface area contributed by atoms with Crippen LogP contribution in [0.1, 0.15) is 33.1 Å². The number of carbonyl (C=O) groups excluding carboxylic acids is 1. The highest BCUT2D eigenvalue weighted by atomic mass is 16.1. The monoisotopic (exact) mass is 155 g/mol. The van der Waals surface area contributed by atoms with Crippen LogP contribution in [-0.4, -0.2) is 12.5 Å². The summed E-state index contributed by atoms with van der Waals surface area (Å²) in [6.45, 7) is 4.49. The van der Waals surface area contributed by atoms with E-state index in [4.69, 9.17) is 0 Å². The predicted octanol–water partition coefficient (Wildman–Crippen LogP) is 1.56. The Kier molecular flexibility index (Phi) is 2.92. The van der Waals surface area contributed by atoms with Crippen molar-refractivity contribution >= 4 is 6.41 Å². The number of carbonyl (C=O) groups is 1. The molecular weight excluding hydrogens is 138 g/mol. The van der Waals surface area contributed by atoms with E-state index in [2.05, 4.69) is 19.2 Å². The van der Waals surface area contributed by atoms with Crippen molar-refractivity contribution in [3.05, 3.63) is 0 Å². The van der Waals surface area contributed by atoms with Crippen LogP contribution in [0.5, 0.6) is 0 Å². The summed E-state index contributed by atoms with van der Waals surface area (Å²) in [5, 5.41) is 2.88. The van der Waals surface area contributed by atoms with Gasteiger partial charge in [0.1, 0.15) is 0 Å². The highest BCUT2D eigenvalue weighted by Crippen LogP contribution is 2.28. The van der Waals surface area contributed by atoms with Crippen molar-refractivity contribution in [2.24, 2.45) is 11.8 Å².